The van der Waals surface area contributed by atoms with Gasteiger partial charge in [0.25, 0.3) is 5.50 Å². The summed E-state index contributed by atoms with van der Waals surface area (Å²) in [5.41, 5.74) is -5.46. The van der Waals surface area contributed by atoms with Crippen LogP contribution < -0.4 is 0 Å². The fourth-order valence-corrected chi connectivity index (χ4v) is 1.41. The Hall–Kier alpha value is -0.860. The van der Waals surface area contributed by atoms with Crippen molar-refractivity contribution in [2.45, 2.75) is 35.6 Å². The van der Waals surface area contributed by atoms with Crippen LogP contribution in [0.1, 0.15) is 0 Å². The SMILES string of the molecule is O=S(=O)(O)C(F)C(F)(F)C(F)(F)C(F)(F)C(F)(F)C(F)F. The van der Waals surface area contributed by atoms with E-state index in [0.29, 0.717) is 0 Å². The summed E-state index contributed by atoms with van der Waals surface area (Å²) in [7, 11) is -6.73. The average molecular weight is 364 g/mol. The Labute approximate surface area is 108 Å². The molecule has 15 heteroatoms. The van der Waals surface area contributed by atoms with E-state index in [4.69, 9.17) is 4.55 Å². The van der Waals surface area contributed by atoms with Crippen molar-refractivity contribution < 1.29 is 61.3 Å². The summed E-state index contributed by atoms with van der Waals surface area (Å²) in [6, 6.07) is 0. The first-order chi connectivity index (χ1) is 8.85. The fourth-order valence-electron chi connectivity index (χ4n) is 0.885. The Morgan fingerprint density at radius 2 is 1.00 bits per heavy atom. The number of rotatable bonds is 6. The second-order valence-electron chi connectivity index (χ2n) is 3.53. The Morgan fingerprint density at radius 3 is 1.24 bits per heavy atom. The summed E-state index contributed by atoms with van der Waals surface area (Å²) in [5.74, 6) is -29.3. The van der Waals surface area contributed by atoms with Gasteiger partial charge in [-0.05, 0) is 0 Å². The van der Waals surface area contributed by atoms with Gasteiger partial charge in [0.2, 0.25) is 0 Å². The third kappa shape index (κ3) is 2.89. The highest BCUT2D eigenvalue weighted by Crippen LogP contribution is 2.55. The summed E-state index contributed by atoms with van der Waals surface area (Å²) in [6.45, 7) is 0. The number of hydrogen-bond acceptors (Lipinski definition) is 2. The molecule has 21 heavy (non-hydrogen) atoms. The molecule has 1 unspecified atom stereocenters. The predicted molar refractivity (Wildman–Crippen MR) is 42.2 cm³/mol. The van der Waals surface area contributed by atoms with Crippen molar-refractivity contribution in [3.05, 3.63) is 0 Å². The van der Waals surface area contributed by atoms with E-state index in [1.165, 1.54) is 0 Å². The van der Waals surface area contributed by atoms with Crippen LogP contribution in [0.4, 0.5) is 48.3 Å². The van der Waals surface area contributed by atoms with Crippen LogP contribution in [0.25, 0.3) is 0 Å². The predicted octanol–water partition coefficient (Wildman–Crippen LogP) is 2.98. The second kappa shape index (κ2) is 5.10. The van der Waals surface area contributed by atoms with E-state index in [0.717, 1.165) is 0 Å². The monoisotopic (exact) mass is 364 g/mol. The van der Waals surface area contributed by atoms with Crippen LogP contribution in [0.2, 0.25) is 0 Å². The van der Waals surface area contributed by atoms with Crippen LogP contribution in [0, 0.1) is 0 Å². The first-order valence-electron chi connectivity index (χ1n) is 4.25. The Balaban J connectivity index is 6.09. The highest BCUT2D eigenvalue weighted by atomic mass is 32.2. The third-order valence-electron chi connectivity index (χ3n) is 2.05. The molecule has 3 nitrogen and oxygen atoms in total. The average Bonchev–Trinajstić information content (AvgIpc) is 2.25. The molecule has 0 spiro atoms. The van der Waals surface area contributed by atoms with Crippen molar-refractivity contribution in [3.8, 4) is 0 Å². The summed E-state index contributed by atoms with van der Waals surface area (Å²) < 4.78 is 164. The van der Waals surface area contributed by atoms with Gasteiger partial charge in [0.1, 0.15) is 0 Å². The molecule has 0 aromatic heterocycles. The lowest BCUT2D eigenvalue weighted by Crippen LogP contribution is -2.67. The molecule has 0 amide bonds. The quantitative estimate of drug-likeness (QED) is 0.583. The van der Waals surface area contributed by atoms with Crippen molar-refractivity contribution in [2.75, 3.05) is 0 Å². The smallest absolute Gasteiger partial charge is 0.283 e. The number of hydrogen-bond donors (Lipinski definition) is 1. The van der Waals surface area contributed by atoms with Gasteiger partial charge in [-0.15, -0.1) is 0 Å². The molecule has 128 valence electrons. The van der Waals surface area contributed by atoms with Crippen molar-refractivity contribution in [1.29, 1.82) is 0 Å². The number of alkyl halides is 11. The zero-order chi connectivity index (χ0) is 17.7. The highest BCUT2D eigenvalue weighted by Gasteiger charge is 2.85. The van der Waals surface area contributed by atoms with Gasteiger partial charge >= 0.3 is 40.2 Å². The maximum Gasteiger partial charge on any atom is 0.384 e. The Bertz CT molecular complexity index is 484. The molecule has 0 aromatic carbocycles. The molecule has 0 radical (unpaired) electrons. The van der Waals surface area contributed by atoms with Crippen molar-refractivity contribution in [2.24, 2.45) is 0 Å². The molecule has 1 atom stereocenters. The molecule has 0 aliphatic heterocycles. The van der Waals surface area contributed by atoms with Crippen molar-refractivity contribution >= 4 is 10.1 Å². The summed E-state index contributed by atoms with van der Waals surface area (Å²) in [6.07, 6.45) is -5.56. The molecule has 1 N–H and O–H groups in total. The first kappa shape index (κ1) is 20.1. The van der Waals surface area contributed by atoms with Crippen molar-refractivity contribution in [1.82, 2.24) is 0 Å². The molecule has 0 aliphatic carbocycles. The van der Waals surface area contributed by atoms with Gasteiger partial charge in [-0.2, -0.15) is 43.5 Å². The molecule has 0 aromatic rings. The molecular weight excluding hydrogens is 361 g/mol. The summed E-state index contributed by atoms with van der Waals surface area (Å²) in [4.78, 5) is 0. The minimum absolute atomic E-state index is 5.46. The lowest BCUT2D eigenvalue weighted by atomic mass is 9.99. The van der Waals surface area contributed by atoms with E-state index < -0.39 is 45.7 Å². The minimum Gasteiger partial charge on any atom is -0.283 e. The molecule has 0 saturated carbocycles. The fraction of sp³-hybridized carbons (Fsp3) is 1.00. The molecular formula is C6H3F11O3S. The van der Waals surface area contributed by atoms with Gasteiger partial charge in [-0.25, -0.2) is 13.2 Å². The van der Waals surface area contributed by atoms with Crippen LogP contribution in [0.15, 0.2) is 0 Å². The van der Waals surface area contributed by atoms with E-state index in [9.17, 15) is 56.7 Å². The zero-order valence-electron chi connectivity index (χ0n) is 8.98. The van der Waals surface area contributed by atoms with E-state index in [2.05, 4.69) is 0 Å². The molecule has 0 bridgehead atoms. The number of halogens is 11. The zero-order valence-corrected chi connectivity index (χ0v) is 9.80. The molecule has 0 rings (SSSR count). The molecule has 0 heterocycles. The normalized spacial score (nSPS) is 17.2. The van der Waals surface area contributed by atoms with Gasteiger partial charge in [0.15, 0.2) is 0 Å². The summed E-state index contributed by atoms with van der Waals surface area (Å²) >= 11 is 0. The van der Waals surface area contributed by atoms with Crippen LogP contribution in [0.5, 0.6) is 0 Å². The van der Waals surface area contributed by atoms with Crippen LogP contribution in [-0.4, -0.2) is 48.6 Å². The van der Waals surface area contributed by atoms with Gasteiger partial charge in [0.05, 0.1) is 0 Å². The minimum atomic E-state index is -7.57. The third-order valence-corrected chi connectivity index (χ3v) is 2.87. The van der Waals surface area contributed by atoms with Crippen LogP contribution >= 0.6 is 0 Å². The molecule has 0 aliphatic rings. The largest absolute Gasteiger partial charge is 0.384 e. The van der Waals surface area contributed by atoms with Gasteiger partial charge in [-0.1, -0.05) is 0 Å². The van der Waals surface area contributed by atoms with Crippen LogP contribution in [0.3, 0.4) is 0 Å². The van der Waals surface area contributed by atoms with E-state index in [1.807, 2.05) is 0 Å². The highest BCUT2D eigenvalue weighted by molar-refractivity contribution is 7.86. The summed E-state index contributed by atoms with van der Waals surface area (Å²) in [5, 5.41) is 0. The maximum absolute atomic E-state index is 12.7. The van der Waals surface area contributed by atoms with Crippen LogP contribution in [-0.2, 0) is 10.1 Å². The molecule has 0 saturated heterocycles. The lowest BCUT2D eigenvalue weighted by molar-refractivity contribution is -0.387. The van der Waals surface area contributed by atoms with E-state index in [-0.39, 0.29) is 0 Å². The van der Waals surface area contributed by atoms with Gasteiger partial charge < -0.3 is 0 Å². The second-order valence-corrected chi connectivity index (χ2v) is 4.97. The first-order valence-corrected chi connectivity index (χ1v) is 5.75. The standard InChI is InChI=1S/C6H3F11O3S/c7-1(8)3(10,11)5(14,15)6(16,17)4(12,13)2(9)21(18,19)20/h1-2H,(H,18,19,20). The van der Waals surface area contributed by atoms with Gasteiger partial charge in [0, 0.05) is 0 Å². The van der Waals surface area contributed by atoms with Crippen molar-refractivity contribution in [3.63, 3.8) is 0 Å². The topological polar surface area (TPSA) is 54.4 Å². The van der Waals surface area contributed by atoms with Gasteiger partial charge in [-0.3, -0.25) is 4.55 Å². The lowest BCUT2D eigenvalue weighted by Gasteiger charge is -2.36. The van der Waals surface area contributed by atoms with E-state index >= 15 is 0 Å². The van der Waals surface area contributed by atoms with E-state index in [1.54, 1.807) is 0 Å². The Kier molecular flexibility index (Phi) is 4.89. The maximum atomic E-state index is 12.7. The Morgan fingerprint density at radius 1 is 0.714 bits per heavy atom. The molecule has 0 fully saturated rings.